The topological polar surface area (TPSA) is 23.8 Å². The van der Waals surface area contributed by atoms with E-state index in [1.165, 1.54) is 5.56 Å². The fourth-order valence-corrected chi connectivity index (χ4v) is 1.93. The molecule has 0 spiro atoms. The van der Waals surface area contributed by atoms with E-state index in [-0.39, 0.29) is 0 Å². The second-order valence-corrected chi connectivity index (χ2v) is 3.68. The van der Waals surface area contributed by atoms with E-state index in [1.54, 1.807) is 0 Å². The Morgan fingerprint density at radius 2 is 1.93 bits per heavy atom. The van der Waals surface area contributed by atoms with E-state index >= 15 is 0 Å². The molecule has 0 heterocycles. The molecule has 0 amide bonds. The normalized spacial score (nSPS) is 10.1. The number of nitrogens with zero attached hydrogens (tertiary/aromatic N) is 1. The van der Waals surface area contributed by atoms with Crippen molar-refractivity contribution < 1.29 is 0 Å². The highest BCUT2D eigenvalue weighted by atomic mass is 14.2. The average Bonchev–Trinajstić information content (AvgIpc) is 2.29. The van der Waals surface area contributed by atoms with Crippen LogP contribution in [0.4, 0.5) is 0 Å². The van der Waals surface area contributed by atoms with Crippen LogP contribution in [0.5, 0.6) is 0 Å². The van der Waals surface area contributed by atoms with Crippen LogP contribution in [-0.2, 0) is 6.42 Å². The maximum atomic E-state index is 9.19. The lowest BCUT2D eigenvalue weighted by Gasteiger charge is -2.05. The van der Waals surface area contributed by atoms with Crippen LogP contribution in [0.15, 0.2) is 36.4 Å². The molecule has 0 aliphatic carbocycles. The van der Waals surface area contributed by atoms with Crippen LogP contribution in [0.3, 0.4) is 0 Å². The Hall–Kier alpha value is -1.81. The van der Waals surface area contributed by atoms with Crippen LogP contribution in [0.1, 0.15) is 24.5 Å². The molecule has 0 radical (unpaired) electrons. The zero-order valence-corrected chi connectivity index (χ0v) is 8.83. The standard InChI is InChI=1S/C14H13N/c1-2-5-11-8-9-12-6-3-4-7-13(12)14(11)10-15/h3-4,6-9H,2,5H2,1H3. The van der Waals surface area contributed by atoms with Gasteiger partial charge in [0.15, 0.2) is 0 Å². The number of nitriles is 1. The first-order valence-electron chi connectivity index (χ1n) is 5.27. The molecule has 2 aromatic carbocycles. The molecule has 2 rings (SSSR count). The minimum Gasteiger partial charge on any atom is -0.192 e. The second-order valence-electron chi connectivity index (χ2n) is 3.68. The lowest BCUT2D eigenvalue weighted by Crippen LogP contribution is -1.90. The first-order valence-corrected chi connectivity index (χ1v) is 5.27. The van der Waals surface area contributed by atoms with Crippen molar-refractivity contribution in [2.24, 2.45) is 0 Å². The number of aryl methyl sites for hydroxylation is 1. The van der Waals surface area contributed by atoms with Crippen molar-refractivity contribution in [1.82, 2.24) is 0 Å². The van der Waals surface area contributed by atoms with E-state index in [0.717, 1.165) is 29.2 Å². The van der Waals surface area contributed by atoms with Gasteiger partial charge in [0.25, 0.3) is 0 Å². The highest BCUT2D eigenvalue weighted by molar-refractivity contribution is 5.89. The molecule has 0 fully saturated rings. The monoisotopic (exact) mass is 195 g/mol. The lowest BCUT2D eigenvalue weighted by atomic mass is 9.97. The van der Waals surface area contributed by atoms with E-state index in [0.29, 0.717) is 0 Å². The Bertz CT molecular complexity index is 520. The Kier molecular flexibility index (Phi) is 2.69. The molecule has 0 aliphatic heterocycles. The third-order valence-electron chi connectivity index (χ3n) is 2.65. The molecule has 0 aromatic heterocycles. The third kappa shape index (κ3) is 1.71. The zero-order chi connectivity index (χ0) is 10.7. The van der Waals surface area contributed by atoms with Crippen molar-refractivity contribution in [3.63, 3.8) is 0 Å². The Labute approximate surface area is 90.0 Å². The molecule has 74 valence electrons. The van der Waals surface area contributed by atoms with E-state index in [2.05, 4.69) is 25.1 Å². The maximum absolute atomic E-state index is 9.19. The minimum absolute atomic E-state index is 0.843. The molecule has 0 N–H and O–H groups in total. The van der Waals surface area contributed by atoms with E-state index < -0.39 is 0 Å². The van der Waals surface area contributed by atoms with Gasteiger partial charge in [0.1, 0.15) is 6.07 Å². The van der Waals surface area contributed by atoms with Crippen LogP contribution >= 0.6 is 0 Å². The summed E-state index contributed by atoms with van der Waals surface area (Å²) in [6, 6.07) is 14.6. The van der Waals surface area contributed by atoms with E-state index in [1.807, 2.05) is 24.3 Å². The van der Waals surface area contributed by atoms with Crippen molar-refractivity contribution in [3.8, 4) is 6.07 Å². The Balaban J connectivity index is 2.71. The molecular weight excluding hydrogens is 182 g/mol. The summed E-state index contributed by atoms with van der Waals surface area (Å²) in [4.78, 5) is 0. The number of hydrogen-bond donors (Lipinski definition) is 0. The Morgan fingerprint density at radius 1 is 1.13 bits per heavy atom. The summed E-state index contributed by atoms with van der Waals surface area (Å²) in [7, 11) is 0. The first kappa shape index (κ1) is 9.73. The van der Waals surface area contributed by atoms with Crippen molar-refractivity contribution in [2.45, 2.75) is 19.8 Å². The van der Waals surface area contributed by atoms with Crippen LogP contribution in [0.2, 0.25) is 0 Å². The largest absolute Gasteiger partial charge is 0.192 e. The Morgan fingerprint density at radius 3 is 2.67 bits per heavy atom. The van der Waals surface area contributed by atoms with Gasteiger partial charge in [0.05, 0.1) is 5.56 Å². The van der Waals surface area contributed by atoms with Crippen molar-refractivity contribution >= 4 is 10.8 Å². The van der Waals surface area contributed by atoms with Gasteiger partial charge in [-0.25, -0.2) is 0 Å². The fraction of sp³-hybridized carbons (Fsp3) is 0.214. The van der Waals surface area contributed by atoms with E-state index in [4.69, 9.17) is 0 Å². The molecule has 0 saturated heterocycles. The van der Waals surface area contributed by atoms with Crippen LogP contribution < -0.4 is 0 Å². The summed E-state index contributed by atoms with van der Waals surface area (Å²) in [6.07, 6.45) is 2.06. The molecule has 2 aromatic rings. The molecule has 0 unspecified atom stereocenters. The van der Waals surface area contributed by atoms with Crippen molar-refractivity contribution in [2.75, 3.05) is 0 Å². The summed E-state index contributed by atoms with van der Waals surface area (Å²) in [6.45, 7) is 2.14. The molecule has 15 heavy (non-hydrogen) atoms. The van der Waals surface area contributed by atoms with Crippen molar-refractivity contribution in [1.29, 1.82) is 5.26 Å². The smallest absolute Gasteiger partial charge is 0.100 e. The van der Waals surface area contributed by atoms with Gasteiger partial charge in [0.2, 0.25) is 0 Å². The van der Waals surface area contributed by atoms with Gasteiger partial charge in [-0.1, -0.05) is 49.7 Å². The predicted molar refractivity (Wildman–Crippen MR) is 62.7 cm³/mol. The summed E-state index contributed by atoms with van der Waals surface area (Å²) in [5, 5.41) is 11.4. The summed E-state index contributed by atoms with van der Waals surface area (Å²) < 4.78 is 0. The van der Waals surface area contributed by atoms with Crippen molar-refractivity contribution in [3.05, 3.63) is 47.5 Å². The number of fused-ring (bicyclic) bond motifs is 1. The lowest BCUT2D eigenvalue weighted by molar-refractivity contribution is 0.920. The minimum atomic E-state index is 0.843. The molecule has 0 atom stereocenters. The van der Waals surface area contributed by atoms with Crippen LogP contribution in [0, 0.1) is 11.3 Å². The quantitative estimate of drug-likeness (QED) is 0.717. The molecule has 0 aliphatic rings. The molecule has 1 nitrogen and oxygen atoms in total. The highest BCUT2D eigenvalue weighted by Crippen LogP contribution is 2.22. The molecule has 1 heteroatoms. The highest BCUT2D eigenvalue weighted by Gasteiger charge is 2.05. The van der Waals surface area contributed by atoms with Gasteiger partial charge in [-0.15, -0.1) is 0 Å². The molecule has 0 saturated carbocycles. The molecular formula is C14H13N. The summed E-state index contributed by atoms with van der Waals surface area (Å²) >= 11 is 0. The van der Waals surface area contributed by atoms with Gasteiger partial charge in [-0.05, 0) is 22.8 Å². The first-order chi connectivity index (χ1) is 7.36. The fourth-order valence-electron chi connectivity index (χ4n) is 1.93. The second kappa shape index (κ2) is 4.14. The molecule has 0 bridgehead atoms. The van der Waals surface area contributed by atoms with Gasteiger partial charge < -0.3 is 0 Å². The predicted octanol–water partition coefficient (Wildman–Crippen LogP) is 3.66. The van der Waals surface area contributed by atoms with Gasteiger partial charge in [0, 0.05) is 0 Å². The zero-order valence-electron chi connectivity index (χ0n) is 8.83. The van der Waals surface area contributed by atoms with Gasteiger partial charge >= 0.3 is 0 Å². The third-order valence-corrected chi connectivity index (χ3v) is 2.65. The summed E-state index contributed by atoms with van der Waals surface area (Å²) in [5.41, 5.74) is 2.01. The average molecular weight is 195 g/mol. The van der Waals surface area contributed by atoms with Gasteiger partial charge in [-0.2, -0.15) is 5.26 Å². The number of hydrogen-bond acceptors (Lipinski definition) is 1. The van der Waals surface area contributed by atoms with Gasteiger partial charge in [-0.3, -0.25) is 0 Å². The van der Waals surface area contributed by atoms with Crippen LogP contribution in [-0.4, -0.2) is 0 Å². The van der Waals surface area contributed by atoms with Crippen LogP contribution in [0.25, 0.3) is 10.8 Å². The SMILES string of the molecule is CCCc1ccc2ccccc2c1C#N. The number of rotatable bonds is 2. The summed E-state index contributed by atoms with van der Waals surface area (Å²) in [5.74, 6) is 0. The number of benzene rings is 2. The maximum Gasteiger partial charge on any atom is 0.100 e. The van der Waals surface area contributed by atoms with E-state index in [9.17, 15) is 5.26 Å².